The highest BCUT2D eigenvalue weighted by molar-refractivity contribution is 6.35. The Morgan fingerprint density at radius 1 is 1.39 bits per heavy atom. The van der Waals surface area contributed by atoms with Crippen LogP contribution in [0.15, 0.2) is 59.6 Å². The van der Waals surface area contributed by atoms with Gasteiger partial charge in [0.05, 0.1) is 5.02 Å². The molecule has 0 fully saturated rings. The molecule has 0 aliphatic carbocycles. The number of fused-ring (bicyclic) bond motifs is 1. The van der Waals surface area contributed by atoms with E-state index in [1.165, 1.54) is 28.8 Å². The molecule has 0 bridgehead atoms. The minimum absolute atomic E-state index is 0.0839. The predicted molar refractivity (Wildman–Crippen MR) is 120 cm³/mol. The van der Waals surface area contributed by atoms with E-state index in [4.69, 9.17) is 27.9 Å². The number of amides is 1. The molecule has 0 radical (unpaired) electrons. The van der Waals surface area contributed by atoms with Gasteiger partial charge in [-0.2, -0.15) is 10.2 Å². The van der Waals surface area contributed by atoms with Gasteiger partial charge in [-0.25, -0.2) is 0 Å². The second-order valence-corrected chi connectivity index (χ2v) is 7.21. The van der Waals surface area contributed by atoms with Crippen molar-refractivity contribution in [3.63, 3.8) is 0 Å². The minimum Gasteiger partial charge on any atom is -0.437 e. The molecule has 31 heavy (non-hydrogen) atoms. The van der Waals surface area contributed by atoms with Crippen LogP contribution >= 0.6 is 23.2 Å². The van der Waals surface area contributed by atoms with Crippen molar-refractivity contribution in [1.82, 2.24) is 14.7 Å². The first-order valence-corrected chi connectivity index (χ1v) is 9.77. The van der Waals surface area contributed by atoms with Crippen LogP contribution in [0.2, 0.25) is 10.0 Å². The summed E-state index contributed by atoms with van der Waals surface area (Å²) in [5.74, 6) is -0.556. The first kappa shape index (κ1) is 22.1. The molecule has 0 saturated carbocycles. The van der Waals surface area contributed by atoms with E-state index < -0.39 is 11.5 Å². The van der Waals surface area contributed by atoms with Gasteiger partial charge < -0.3 is 10.1 Å². The zero-order valence-corrected chi connectivity index (χ0v) is 17.9. The summed E-state index contributed by atoms with van der Waals surface area (Å²) >= 11 is 12.1. The number of nitrogens with one attached hydrogen (secondary N) is 1. The van der Waals surface area contributed by atoms with Crippen LogP contribution in [-0.2, 0) is 4.79 Å². The third-order valence-electron chi connectivity index (χ3n) is 4.21. The average Bonchev–Trinajstić information content (AvgIpc) is 2.74. The van der Waals surface area contributed by atoms with Crippen LogP contribution in [0.5, 0.6) is 11.6 Å². The lowest BCUT2D eigenvalue weighted by atomic mass is 10.1. The molecule has 1 N–H and O–H groups in total. The summed E-state index contributed by atoms with van der Waals surface area (Å²) in [5.41, 5.74) is 0.198. The van der Waals surface area contributed by atoms with Gasteiger partial charge in [-0.3, -0.25) is 14.0 Å². The lowest BCUT2D eigenvalue weighted by Crippen LogP contribution is -2.25. The smallest absolute Gasteiger partial charge is 0.269 e. The predicted octanol–water partition coefficient (Wildman–Crippen LogP) is 4.31. The molecule has 0 atom stereocenters. The quantitative estimate of drug-likeness (QED) is 0.340. The lowest BCUT2D eigenvalue weighted by molar-refractivity contribution is -0.116. The molecular weight excluding hydrogens is 439 g/mol. The molecular formula is C22H16Cl2N4O3. The molecule has 2 heterocycles. The van der Waals surface area contributed by atoms with Gasteiger partial charge in [0.2, 0.25) is 5.88 Å². The molecule has 0 unspecified atom stereocenters. The summed E-state index contributed by atoms with van der Waals surface area (Å²) in [6.07, 6.45) is 4.15. The Bertz CT molecular complexity index is 1320. The molecule has 0 saturated heterocycles. The van der Waals surface area contributed by atoms with Crippen molar-refractivity contribution in [1.29, 1.82) is 5.26 Å². The van der Waals surface area contributed by atoms with E-state index in [-0.39, 0.29) is 34.3 Å². The van der Waals surface area contributed by atoms with E-state index in [0.29, 0.717) is 10.7 Å². The van der Waals surface area contributed by atoms with Gasteiger partial charge in [0.1, 0.15) is 28.6 Å². The Morgan fingerprint density at radius 2 is 2.16 bits per heavy atom. The molecule has 2 aromatic heterocycles. The summed E-state index contributed by atoms with van der Waals surface area (Å²) < 4.78 is 7.14. The van der Waals surface area contributed by atoms with Gasteiger partial charge >= 0.3 is 0 Å². The molecule has 0 aliphatic rings. The normalized spacial score (nSPS) is 11.1. The zero-order chi connectivity index (χ0) is 22.5. The molecule has 1 amide bonds. The molecule has 7 nitrogen and oxygen atoms in total. The third-order valence-corrected chi connectivity index (χ3v) is 4.74. The second-order valence-electron chi connectivity index (χ2n) is 6.37. The molecule has 0 aliphatic heterocycles. The largest absolute Gasteiger partial charge is 0.437 e. The standard InChI is InChI=1S/C22H16Cl2N4O3/c1-3-8-26-20(29)14(12-25)10-16-21(31-18-7-6-15(23)11-17(18)24)27-19-13(2)5-4-9-28(19)22(16)30/h3-7,9-11H,1,8H2,2H3,(H,26,29)/b14-10+. The SMILES string of the molecule is C=CCNC(=O)/C(C#N)=C/c1c(Oc2ccc(Cl)cc2Cl)nc2c(C)cccn2c1=O. The first-order valence-electron chi connectivity index (χ1n) is 9.01. The summed E-state index contributed by atoms with van der Waals surface area (Å²) in [6, 6.07) is 9.86. The van der Waals surface area contributed by atoms with E-state index in [1.807, 2.05) is 0 Å². The topological polar surface area (TPSA) is 96.5 Å². The van der Waals surface area contributed by atoms with Crippen molar-refractivity contribution < 1.29 is 9.53 Å². The van der Waals surface area contributed by atoms with Gasteiger partial charge in [-0.05, 0) is 42.8 Å². The van der Waals surface area contributed by atoms with E-state index in [2.05, 4.69) is 16.9 Å². The van der Waals surface area contributed by atoms with Crippen LogP contribution in [0, 0.1) is 18.3 Å². The maximum atomic E-state index is 13.2. The number of rotatable bonds is 6. The van der Waals surface area contributed by atoms with Gasteiger partial charge in [-0.15, -0.1) is 6.58 Å². The highest BCUT2D eigenvalue weighted by atomic mass is 35.5. The van der Waals surface area contributed by atoms with Gasteiger partial charge in [-0.1, -0.05) is 35.3 Å². The number of nitrogens with zero attached hydrogens (tertiary/aromatic N) is 3. The number of carbonyl (C=O) groups excluding carboxylic acids is 1. The molecule has 0 spiro atoms. The maximum Gasteiger partial charge on any atom is 0.269 e. The van der Waals surface area contributed by atoms with Crippen molar-refractivity contribution in [2.45, 2.75) is 6.92 Å². The monoisotopic (exact) mass is 454 g/mol. The number of pyridine rings is 1. The van der Waals surface area contributed by atoms with E-state index in [0.717, 1.165) is 11.6 Å². The molecule has 156 valence electrons. The average molecular weight is 455 g/mol. The second kappa shape index (κ2) is 9.47. The highest BCUT2D eigenvalue weighted by Crippen LogP contribution is 2.32. The van der Waals surface area contributed by atoms with Gasteiger partial charge in [0, 0.05) is 17.8 Å². The maximum absolute atomic E-state index is 13.2. The van der Waals surface area contributed by atoms with Crippen molar-refractivity contribution >= 4 is 40.8 Å². The molecule has 9 heteroatoms. The van der Waals surface area contributed by atoms with Crippen molar-refractivity contribution in [2.75, 3.05) is 6.54 Å². The Labute approximate surface area is 187 Å². The Kier molecular flexibility index (Phi) is 6.75. The molecule has 1 aromatic carbocycles. The summed E-state index contributed by atoms with van der Waals surface area (Å²) in [4.78, 5) is 29.9. The zero-order valence-electron chi connectivity index (χ0n) is 16.4. The first-order chi connectivity index (χ1) is 14.8. The molecule has 3 rings (SSSR count). The number of aryl methyl sites for hydroxylation is 1. The summed E-state index contributed by atoms with van der Waals surface area (Å²) in [7, 11) is 0. The fraction of sp³-hybridized carbons (Fsp3) is 0.0909. The van der Waals surface area contributed by atoms with Crippen LogP contribution in [-0.4, -0.2) is 21.8 Å². The lowest BCUT2D eigenvalue weighted by Gasteiger charge is -2.12. The summed E-state index contributed by atoms with van der Waals surface area (Å²) in [6.45, 7) is 5.47. The summed E-state index contributed by atoms with van der Waals surface area (Å²) in [5, 5.41) is 12.6. The number of benzene rings is 1. The minimum atomic E-state index is -0.661. The van der Waals surface area contributed by atoms with Crippen LogP contribution in [0.3, 0.4) is 0 Å². The van der Waals surface area contributed by atoms with Crippen LogP contribution in [0.25, 0.3) is 11.7 Å². The number of hydrogen-bond acceptors (Lipinski definition) is 5. The number of aromatic nitrogens is 2. The van der Waals surface area contributed by atoms with E-state index in [9.17, 15) is 14.9 Å². The van der Waals surface area contributed by atoms with E-state index >= 15 is 0 Å². The molecule has 3 aromatic rings. The van der Waals surface area contributed by atoms with Crippen LogP contribution in [0.4, 0.5) is 0 Å². The van der Waals surface area contributed by atoms with Crippen LogP contribution < -0.4 is 15.6 Å². The number of carbonyl (C=O) groups is 1. The van der Waals surface area contributed by atoms with E-state index in [1.54, 1.807) is 31.2 Å². The number of nitriles is 1. The fourth-order valence-corrected chi connectivity index (χ4v) is 3.16. The van der Waals surface area contributed by atoms with Crippen molar-refractivity contribution in [3.05, 3.63) is 86.3 Å². The number of halogens is 2. The third kappa shape index (κ3) is 4.77. The highest BCUT2D eigenvalue weighted by Gasteiger charge is 2.18. The number of ether oxygens (including phenoxy) is 1. The van der Waals surface area contributed by atoms with Crippen LogP contribution in [0.1, 0.15) is 11.1 Å². The Morgan fingerprint density at radius 3 is 2.84 bits per heavy atom. The fourth-order valence-electron chi connectivity index (χ4n) is 2.71. The Hall–Kier alpha value is -3.60. The van der Waals surface area contributed by atoms with Crippen molar-refractivity contribution in [2.24, 2.45) is 0 Å². The van der Waals surface area contributed by atoms with Gasteiger partial charge in [0.15, 0.2) is 0 Å². The van der Waals surface area contributed by atoms with Crippen molar-refractivity contribution in [3.8, 4) is 17.7 Å². The number of hydrogen-bond donors (Lipinski definition) is 1. The van der Waals surface area contributed by atoms with Gasteiger partial charge in [0.25, 0.3) is 11.5 Å². The Balaban J connectivity index is 2.24.